The van der Waals surface area contributed by atoms with Gasteiger partial charge in [-0.1, -0.05) is 23.7 Å². The van der Waals surface area contributed by atoms with Crippen LogP contribution in [0.4, 0.5) is 0 Å². The molecule has 1 rings (SSSR count). The maximum Gasteiger partial charge on any atom is 0.230 e. The summed E-state index contributed by atoms with van der Waals surface area (Å²) in [4.78, 5) is 11.4. The van der Waals surface area contributed by atoms with Gasteiger partial charge in [0, 0.05) is 17.3 Å². The van der Waals surface area contributed by atoms with Crippen LogP contribution >= 0.6 is 35.8 Å². The van der Waals surface area contributed by atoms with Crippen molar-refractivity contribution in [2.24, 2.45) is 5.73 Å². The van der Waals surface area contributed by atoms with Gasteiger partial charge in [0.15, 0.2) is 0 Å². The molecule has 1 amide bonds. The molecule has 0 bridgehead atoms. The molecule has 0 atom stereocenters. The average Bonchev–Trinajstić information content (AvgIpc) is 2.29. The lowest BCUT2D eigenvalue weighted by Gasteiger charge is -2.04. The van der Waals surface area contributed by atoms with E-state index in [4.69, 9.17) is 17.3 Å². The number of nitrogens with one attached hydrogen (secondary N) is 1. The lowest BCUT2D eigenvalue weighted by molar-refractivity contribution is -0.118. The van der Waals surface area contributed by atoms with Gasteiger partial charge in [0.05, 0.1) is 5.75 Å². The molecule has 0 spiro atoms. The van der Waals surface area contributed by atoms with E-state index in [2.05, 4.69) is 5.32 Å². The fourth-order valence-electron chi connectivity index (χ4n) is 1.27. The van der Waals surface area contributed by atoms with Gasteiger partial charge < -0.3 is 11.1 Å². The highest BCUT2D eigenvalue weighted by molar-refractivity contribution is 7.99. The van der Waals surface area contributed by atoms with Crippen LogP contribution in [0.2, 0.25) is 5.02 Å². The third-order valence-electron chi connectivity index (χ3n) is 2.09. The van der Waals surface area contributed by atoms with E-state index in [0.717, 1.165) is 22.8 Å². The number of hydrogen-bond donors (Lipinski definition) is 2. The summed E-state index contributed by atoms with van der Waals surface area (Å²) in [6.45, 7) is 1.27. The molecule has 0 heterocycles. The van der Waals surface area contributed by atoms with Crippen molar-refractivity contribution in [2.75, 3.05) is 18.8 Å². The predicted octanol–water partition coefficient (Wildman–Crippen LogP) is 2.46. The summed E-state index contributed by atoms with van der Waals surface area (Å²) in [5, 5.41) is 3.55. The van der Waals surface area contributed by atoms with Gasteiger partial charge in [0.2, 0.25) is 5.91 Å². The summed E-state index contributed by atoms with van der Waals surface area (Å²) < 4.78 is 0. The number of benzene rings is 1. The largest absolute Gasteiger partial charge is 0.355 e. The first-order valence-electron chi connectivity index (χ1n) is 5.51. The van der Waals surface area contributed by atoms with Crippen LogP contribution in [-0.2, 0) is 10.5 Å². The van der Waals surface area contributed by atoms with Crippen molar-refractivity contribution in [3.05, 3.63) is 34.9 Å². The molecular weight excluding hydrogens is 291 g/mol. The van der Waals surface area contributed by atoms with Gasteiger partial charge in [-0.15, -0.1) is 24.2 Å². The molecule has 3 nitrogen and oxygen atoms in total. The van der Waals surface area contributed by atoms with Crippen LogP contribution in [0.5, 0.6) is 0 Å². The Labute approximate surface area is 123 Å². The normalized spacial score (nSPS) is 9.67. The van der Waals surface area contributed by atoms with Crippen LogP contribution in [0.15, 0.2) is 24.3 Å². The lowest BCUT2D eigenvalue weighted by atomic mass is 10.2. The van der Waals surface area contributed by atoms with Crippen molar-refractivity contribution in [1.29, 1.82) is 0 Å². The number of carbonyl (C=O) groups is 1. The molecule has 0 saturated carbocycles. The summed E-state index contributed by atoms with van der Waals surface area (Å²) >= 11 is 7.45. The summed E-state index contributed by atoms with van der Waals surface area (Å²) in [7, 11) is 0. The monoisotopic (exact) mass is 308 g/mol. The Balaban J connectivity index is 0.00000289. The minimum absolute atomic E-state index is 0. The molecule has 6 heteroatoms. The maximum atomic E-state index is 11.4. The maximum absolute atomic E-state index is 11.4. The van der Waals surface area contributed by atoms with Crippen molar-refractivity contribution >= 4 is 41.7 Å². The third-order valence-corrected chi connectivity index (χ3v) is 3.33. The van der Waals surface area contributed by atoms with E-state index in [-0.39, 0.29) is 18.3 Å². The highest BCUT2D eigenvalue weighted by Gasteiger charge is 2.01. The van der Waals surface area contributed by atoms with E-state index in [0.29, 0.717) is 18.8 Å². The van der Waals surface area contributed by atoms with Gasteiger partial charge in [-0.25, -0.2) is 0 Å². The first kappa shape index (κ1) is 17.6. The minimum atomic E-state index is 0. The molecule has 0 radical (unpaired) electrons. The Morgan fingerprint density at radius 3 is 2.89 bits per heavy atom. The van der Waals surface area contributed by atoms with Gasteiger partial charge in [-0.2, -0.15) is 0 Å². The SMILES string of the molecule is Cl.NCCCNC(=O)CSCc1cccc(Cl)c1. The summed E-state index contributed by atoms with van der Waals surface area (Å²) in [6, 6.07) is 7.68. The number of thioether (sulfide) groups is 1. The quantitative estimate of drug-likeness (QED) is 0.761. The number of amides is 1. The molecule has 0 aliphatic carbocycles. The molecule has 0 aliphatic heterocycles. The van der Waals surface area contributed by atoms with E-state index in [1.165, 1.54) is 0 Å². The molecule has 1 aromatic carbocycles. The fourth-order valence-corrected chi connectivity index (χ4v) is 2.29. The molecule has 0 saturated heterocycles. The molecule has 0 fully saturated rings. The van der Waals surface area contributed by atoms with Crippen LogP contribution in [0.25, 0.3) is 0 Å². The van der Waals surface area contributed by atoms with E-state index in [1.54, 1.807) is 11.8 Å². The molecule has 0 aliphatic rings. The Morgan fingerprint density at radius 2 is 2.22 bits per heavy atom. The standard InChI is InChI=1S/C12H17ClN2OS.ClH/c13-11-4-1-3-10(7-11)8-17-9-12(16)15-6-2-5-14;/h1,3-4,7H,2,5-6,8-9,14H2,(H,15,16);1H. The summed E-state index contributed by atoms with van der Waals surface area (Å²) in [5.74, 6) is 1.33. The van der Waals surface area contributed by atoms with Crippen LogP contribution in [0.3, 0.4) is 0 Å². The second-order valence-corrected chi connectivity index (χ2v) is 5.04. The Hall–Kier alpha value is -0.420. The number of hydrogen-bond acceptors (Lipinski definition) is 3. The van der Waals surface area contributed by atoms with Gasteiger partial charge in [0.25, 0.3) is 0 Å². The van der Waals surface area contributed by atoms with Crippen molar-refractivity contribution in [2.45, 2.75) is 12.2 Å². The van der Waals surface area contributed by atoms with Crippen molar-refractivity contribution < 1.29 is 4.79 Å². The molecular formula is C12H18Cl2N2OS. The highest BCUT2D eigenvalue weighted by atomic mass is 35.5. The number of halogens is 2. The summed E-state index contributed by atoms with van der Waals surface area (Å²) in [6.07, 6.45) is 0.824. The Bertz CT molecular complexity index is 364. The number of nitrogens with two attached hydrogens (primary N) is 1. The smallest absolute Gasteiger partial charge is 0.230 e. The average molecular weight is 309 g/mol. The topological polar surface area (TPSA) is 55.1 Å². The van der Waals surface area contributed by atoms with E-state index < -0.39 is 0 Å². The zero-order valence-electron chi connectivity index (χ0n) is 10.0. The second-order valence-electron chi connectivity index (χ2n) is 3.61. The Morgan fingerprint density at radius 1 is 1.44 bits per heavy atom. The minimum Gasteiger partial charge on any atom is -0.355 e. The Kier molecular flexibility index (Phi) is 10.3. The zero-order valence-corrected chi connectivity index (χ0v) is 12.4. The van der Waals surface area contributed by atoms with E-state index in [1.807, 2.05) is 24.3 Å². The van der Waals surface area contributed by atoms with Crippen LogP contribution in [-0.4, -0.2) is 24.7 Å². The van der Waals surface area contributed by atoms with Crippen LogP contribution in [0.1, 0.15) is 12.0 Å². The predicted molar refractivity (Wildman–Crippen MR) is 81.5 cm³/mol. The molecule has 0 aromatic heterocycles. The lowest BCUT2D eigenvalue weighted by Crippen LogP contribution is -2.27. The first-order chi connectivity index (χ1) is 8.22. The van der Waals surface area contributed by atoms with Gasteiger partial charge in [-0.3, -0.25) is 4.79 Å². The number of rotatable bonds is 7. The van der Waals surface area contributed by atoms with Crippen molar-refractivity contribution in [3.8, 4) is 0 Å². The zero-order chi connectivity index (χ0) is 12.5. The molecule has 102 valence electrons. The molecule has 1 aromatic rings. The van der Waals surface area contributed by atoms with Gasteiger partial charge in [-0.05, 0) is 30.7 Å². The molecule has 18 heavy (non-hydrogen) atoms. The second kappa shape index (κ2) is 10.5. The van der Waals surface area contributed by atoms with Crippen molar-refractivity contribution in [1.82, 2.24) is 5.32 Å². The third kappa shape index (κ3) is 7.82. The highest BCUT2D eigenvalue weighted by Crippen LogP contribution is 2.16. The molecule has 0 unspecified atom stereocenters. The van der Waals surface area contributed by atoms with E-state index in [9.17, 15) is 4.79 Å². The van der Waals surface area contributed by atoms with E-state index >= 15 is 0 Å². The molecule has 3 N–H and O–H groups in total. The van der Waals surface area contributed by atoms with Crippen LogP contribution in [0, 0.1) is 0 Å². The van der Waals surface area contributed by atoms with Gasteiger partial charge >= 0.3 is 0 Å². The first-order valence-corrected chi connectivity index (χ1v) is 7.04. The van der Waals surface area contributed by atoms with Crippen LogP contribution < -0.4 is 11.1 Å². The van der Waals surface area contributed by atoms with Gasteiger partial charge in [0.1, 0.15) is 0 Å². The number of carbonyl (C=O) groups excluding carboxylic acids is 1. The summed E-state index contributed by atoms with van der Waals surface area (Å²) in [5.41, 5.74) is 6.47. The van der Waals surface area contributed by atoms with Crippen molar-refractivity contribution in [3.63, 3.8) is 0 Å². The fraction of sp³-hybridized carbons (Fsp3) is 0.417.